The van der Waals surface area contributed by atoms with E-state index in [0.717, 1.165) is 38.5 Å². The smallest absolute Gasteiger partial charge is 0.309 e. The minimum absolute atomic E-state index is 0.208. The predicted molar refractivity (Wildman–Crippen MR) is 60.8 cm³/mol. The molecule has 2 unspecified atom stereocenters. The molecule has 4 nitrogen and oxygen atoms in total. The van der Waals surface area contributed by atoms with Crippen LogP contribution in [0.2, 0.25) is 0 Å². The van der Waals surface area contributed by atoms with E-state index in [-0.39, 0.29) is 12.1 Å². The predicted octanol–water partition coefficient (Wildman–Crippen LogP) is 1.10. The molecule has 0 aromatic heterocycles. The van der Waals surface area contributed by atoms with Crippen LogP contribution in [0, 0.1) is 0 Å². The second-order valence-corrected chi connectivity index (χ2v) is 4.91. The van der Waals surface area contributed by atoms with Gasteiger partial charge in [-0.3, -0.25) is 9.59 Å². The zero-order chi connectivity index (χ0) is 11.4. The van der Waals surface area contributed by atoms with Crippen molar-refractivity contribution in [2.24, 2.45) is 0 Å². The Kier molecular flexibility index (Phi) is 3.80. The Labute approximate surface area is 96.2 Å². The number of carbonyl (C=O) groups excluding carboxylic acids is 2. The fraction of sp³-hybridized carbons (Fsp3) is 0.833. The van der Waals surface area contributed by atoms with Gasteiger partial charge in [0.2, 0.25) is 0 Å². The molecule has 0 radical (unpaired) electrons. The Hall–Kier alpha value is -1.06. The lowest BCUT2D eigenvalue weighted by atomic mass is 9.93. The third-order valence-corrected chi connectivity index (χ3v) is 3.60. The molecule has 16 heavy (non-hydrogen) atoms. The van der Waals surface area contributed by atoms with Gasteiger partial charge in [-0.25, -0.2) is 0 Å². The van der Waals surface area contributed by atoms with Crippen molar-refractivity contribution in [1.29, 1.82) is 0 Å². The molecule has 4 heteroatoms. The van der Waals surface area contributed by atoms with Crippen molar-refractivity contribution in [3.63, 3.8) is 0 Å². The molecule has 2 fully saturated rings. The van der Waals surface area contributed by atoms with Crippen molar-refractivity contribution < 1.29 is 9.59 Å². The van der Waals surface area contributed by atoms with Crippen LogP contribution in [-0.4, -0.2) is 23.9 Å². The lowest BCUT2D eigenvalue weighted by Crippen LogP contribution is -2.50. The van der Waals surface area contributed by atoms with E-state index in [9.17, 15) is 9.59 Å². The van der Waals surface area contributed by atoms with Crippen molar-refractivity contribution in [2.75, 3.05) is 0 Å². The van der Waals surface area contributed by atoms with E-state index >= 15 is 0 Å². The van der Waals surface area contributed by atoms with Crippen LogP contribution in [-0.2, 0) is 9.59 Å². The summed E-state index contributed by atoms with van der Waals surface area (Å²) in [7, 11) is 0. The van der Waals surface area contributed by atoms with Gasteiger partial charge in [0.25, 0.3) is 0 Å². The first kappa shape index (κ1) is 11.4. The number of rotatable bonds is 0. The topological polar surface area (TPSA) is 58.2 Å². The van der Waals surface area contributed by atoms with Crippen molar-refractivity contribution >= 4 is 11.8 Å². The maximum absolute atomic E-state index is 11.5. The highest BCUT2D eigenvalue weighted by Gasteiger charge is 2.25. The fourth-order valence-corrected chi connectivity index (χ4v) is 2.62. The first-order valence-electron chi connectivity index (χ1n) is 6.37. The summed E-state index contributed by atoms with van der Waals surface area (Å²) in [6.45, 7) is 0. The summed E-state index contributed by atoms with van der Waals surface area (Å²) in [5.74, 6) is -0.898. The molecule has 1 saturated carbocycles. The zero-order valence-electron chi connectivity index (χ0n) is 9.63. The van der Waals surface area contributed by atoms with E-state index in [2.05, 4.69) is 10.6 Å². The lowest BCUT2D eigenvalue weighted by Gasteiger charge is -2.27. The Morgan fingerprint density at radius 2 is 1.12 bits per heavy atom. The van der Waals surface area contributed by atoms with Gasteiger partial charge in [-0.1, -0.05) is 25.7 Å². The molecule has 2 aliphatic rings. The summed E-state index contributed by atoms with van der Waals surface area (Å²) in [6, 6.07) is 0.415. The van der Waals surface area contributed by atoms with Gasteiger partial charge in [0, 0.05) is 12.1 Å². The second-order valence-electron chi connectivity index (χ2n) is 4.91. The van der Waals surface area contributed by atoms with E-state index in [1.807, 2.05) is 0 Å². The lowest BCUT2D eigenvalue weighted by molar-refractivity contribution is -0.140. The molecule has 0 aromatic rings. The maximum atomic E-state index is 11.5. The maximum Gasteiger partial charge on any atom is 0.309 e. The van der Waals surface area contributed by atoms with E-state index in [4.69, 9.17) is 0 Å². The van der Waals surface area contributed by atoms with Crippen LogP contribution in [0.15, 0.2) is 0 Å². The minimum Gasteiger partial charge on any atom is -0.345 e. The molecule has 2 N–H and O–H groups in total. The Morgan fingerprint density at radius 3 is 1.56 bits per heavy atom. The third kappa shape index (κ3) is 2.97. The molecule has 1 aliphatic carbocycles. The number of hydrogen-bond acceptors (Lipinski definition) is 2. The van der Waals surface area contributed by atoms with Gasteiger partial charge in [-0.15, -0.1) is 0 Å². The summed E-state index contributed by atoms with van der Waals surface area (Å²) in [5.41, 5.74) is 0. The molecule has 2 rings (SSSR count). The normalized spacial score (nSPS) is 32.2. The minimum atomic E-state index is -0.449. The third-order valence-electron chi connectivity index (χ3n) is 3.60. The van der Waals surface area contributed by atoms with Gasteiger partial charge < -0.3 is 10.6 Å². The average molecular weight is 224 g/mol. The average Bonchev–Trinajstić information content (AvgIpc) is 2.27. The number of carbonyl (C=O) groups is 2. The summed E-state index contributed by atoms with van der Waals surface area (Å²) in [6.07, 6.45) is 8.85. The molecule has 1 heterocycles. The van der Waals surface area contributed by atoms with Crippen molar-refractivity contribution in [3.8, 4) is 0 Å². The number of amides is 2. The van der Waals surface area contributed by atoms with Crippen LogP contribution in [0.1, 0.15) is 51.4 Å². The monoisotopic (exact) mass is 224 g/mol. The standard InChI is InChI=1S/C12H20N2O2/c15-11-12(16)14-10-6-4-2-1-3-5-9(13-11)7-8-10/h9-10H,1-8H2,(H,13,15)(H,14,16). The van der Waals surface area contributed by atoms with Crippen LogP contribution < -0.4 is 10.6 Å². The molecule has 1 aliphatic heterocycles. The van der Waals surface area contributed by atoms with Crippen molar-refractivity contribution in [2.45, 2.75) is 63.5 Å². The molecular formula is C12H20N2O2. The largest absolute Gasteiger partial charge is 0.345 e. The van der Waals surface area contributed by atoms with E-state index in [0.29, 0.717) is 0 Å². The molecule has 0 aromatic carbocycles. The molecule has 90 valence electrons. The Bertz CT molecular complexity index is 250. The molecule has 0 spiro atoms. The van der Waals surface area contributed by atoms with Gasteiger partial charge >= 0.3 is 11.8 Å². The van der Waals surface area contributed by atoms with Gasteiger partial charge in [0.15, 0.2) is 0 Å². The van der Waals surface area contributed by atoms with Crippen LogP contribution in [0.3, 0.4) is 0 Å². The van der Waals surface area contributed by atoms with Gasteiger partial charge in [0.05, 0.1) is 0 Å². The molecule has 2 amide bonds. The van der Waals surface area contributed by atoms with Gasteiger partial charge in [0.1, 0.15) is 0 Å². The first-order chi connectivity index (χ1) is 7.75. The van der Waals surface area contributed by atoms with Crippen LogP contribution in [0.4, 0.5) is 0 Å². The summed E-state index contributed by atoms with van der Waals surface area (Å²) in [5, 5.41) is 5.64. The van der Waals surface area contributed by atoms with E-state index in [1.54, 1.807) is 0 Å². The van der Waals surface area contributed by atoms with Crippen molar-refractivity contribution in [1.82, 2.24) is 10.6 Å². The highest BCUT2D eigenvalue weighted by Crippen LogP contribution is 2.18. The quantitative estimate of drug-likeness (QED) is 0.605. The molecule has 1 saturated heterocycles. The molecule has 2 atom stereocenters. The van der Waals surface area contributed by atoms with Crippen LogP contribution in [0.5, 0.6) is 0 Å². The summed E-state index contributed by atoms with van der Waals surface area (Å²) >= 11 is 0. The van der Waals surface area contributed by atoms with E-state index in [1.165, 1.54) is 12.8 Å². The highest BCUT2D eigenvalue weighted by atomic mass is 16.2. The number of fused-ring (bicyclic) bond motifs is 3. The molecule has 2 bridgehead atoms. The van der Waals surface area contributed by atoms with Crippen LogP contribution in [0.25, 0.3) is 0 Å². The molecular weight excluding hydrogens is 204 g/mol. The van der Waals surface area contributed by atoms with Crippen LogP contribution >= 0.6 is 0 Å². The van der Waals surface area contributed by atoms with Gasteiger partial charge in [-0.05, 0) is 25.7 Å². The Morgan fingerprint density at radius 1 is 0.688 bits per heavy atom. The van der Waals surface area contributed by atoms with Crippen molar-refractivity contribution in [3.05, 3.63) is 0 Å². The summed E-state index contributed by atoms with van der Waals surface area (Å²) < 4.78 is 0. The fourth-order valence-electron chi connectivity index (χ4n) is 2.62. The first-order valence-corrected chi connectivity index (χ1v) is 6.37. The Balaban J connectivity index is 2.06. The van der Waals surface area contributed by atoms with E-state index < -0.39 is 11.8 Å². The number of nitrogens with one attached hydrogen (secondary N) is 2. The highest BCUT2D eigenvalue weighted by molar-refractivity contribution is 6.35. The SMILES string of the molecule is O=C1NC2CCCCCCC(CC2)NC1=O. The summed E-state index contributed by atoms with van der Waals surface area (Å²) in [4.78, 5) is 23.0. The van der Waals surface area contributed by atoms with Gasteiger partial charge in [-0.2, -0.15) is 0 Å². The number of hydrogen-bond donors (Lipinski definition) is 2. The zero-order valence-corrected chi connectivity index (χ0v) is 9.63. The second kappa shape index (κ2) is 5.32.